The molecule has 0 aliphatic carbocycles. The molecule has 21 heteroatoms. The van der Waals surface area contributed by atoms with E-state index in [4.69, 9.17) is 50.3 Å². The van der Waals surface area contributed by atoms with Gasteiger partial charge in [-0.25, -0.2) is 22.5 Å². The first-order valence-corrected chi connectivity index (χ1v) is 13.0. The SMILES string of the molecule is C#CC1(F)[C@@H](O)[C@@](F)(COP(=O)(O)OP(=O)(O)OP(=O)(O)O)O[C@H]1n1ccc(=S)[nH]c1=S. The lowest BCUT2D eigenvalue weighted by Crippen LogP contribution is -2.47. The van der Waals surface area contributed by atoms with Gasteiger partial charge in [-0.05, 0) is 18.3 Å². The van der Waals surface area contributed by atoms with Crippen molar-refractivity contribution in [3.05, 3.63) is 21.7 Å². The van der Waals surface area contributed by atoms with Gasteiger partial charge in [0.2, 0.25) is 5.67 Å². The van der Waals surface area contributed by atoms with E-state index in [1.165, 1.54) is 12.0 Å². The average molecular weight is 560 g/mol. The van der Waals surface area contributed by atoms with Crippen LogP contribution in [0.1, 0.15) is 6.23 Å². The van der Waals surface area contributed by atoms with Crippen molar-refractivity contribution >= 4 is 47.9 Å². The molecule has 180 valence electrons. The summed E-state index contributed by atoms with van der Waals surface area (Å²) >= 11 is 9.73. The second-order valence-corrected chi connectivity index (χ2v) is 11.2. The van der Waals surface area contributed by atoms with Crippen LogP contribution in [0.2, 0.25) is 0 Å². The predicted octanol–water partition coefficient (Wildman–Crippen LogP) is 1.52. The van der Waals surface area contributed by atoms with Crippen molar-refractivity contribution in [1.29, 1.82) is 0 Å². The fourth-order valence-corrected chi connectivity index (χ4v) is 5.91. The molecule has 32 heavy (non-hydrogen) atoms. The zero-order chi connectivity index (χ0) is 24.8. The van der Waals surface area contributed by atoms with Crippen molar-refractivity contribution in [2.45, 2.75) is 23.9 Å². The topological polar surface area (TPSA) is 210 Å². The maximum absolute atomic E-state index is 15.3. The fourth-order valence-electron chi connectivity index (χ4n) is 2.39. The number of aliphatic hydroxyl groups excluding tert-OH is 1. The number of phosphoric acid groups is 3. The lowest BCUT2D eigenvalue weighted by Gasteiger charge is -2.25. The van der Waals surface area contributed by atoms with Crippen molar-refractivity contribution in [3.63, 3.8) is 0 Å². The predicted molar refractivity (Wildman–Crippen MR) is 103 cm³/mol. The monoisotopic (exact) mass is 560 g/mol. The molecule has 2 heterocycles. The number of phosphoric ester groups is 1. The van der Waals surface area contributed by atoms with Gasteiger partial charge in [0.15, 0.2) is 17.1 Å². The first-order valence-electron chi connectivity index (χ1n) is 7.65. The Kier molecular flexibility index (Phi) is 7.86. The summed E-state index contributed by atoms with van der Waals surface area (Å²) < 4.78 is 80.4. The van der Waals surface area contributed by atoms with Crippen LogP contribution in [0.15, 0.2) is 12.3 Å². The van der Waals surface area contributed by atoms with E-state index in [1.54, 1.807) is 0 Å². The van der Waals surface area contributed by atoms with Gasteiger partial charge in [0, 0.05) is 6.20 Å². The molecule has 0 spiro atoms. The first-order chi connectivity index (χ1) is 14.3. The molecule has 0 bridgehead atoms. The number of alkyl halides is 2. The molecule has 0 saturated carbocycles. The van der Waals surface area contributed by atoms with Crippen LogP contribution in [0.25, 0.3) is 0 Å². The molecule has 1 fully saturated rings. The Bertz CT molecular complexity index is 1200. The van der Waals surface area contributed by atoms with E-state index < -0.39 is 53.9 Å². The molecule has 1 aromatic rings. The van der Waals surface area contributed by atoms with Gasteiger partial charge in [0.25, 0.3) is 5.85 Å². The average Bonchev–Trinajstić information content (AvgIpc) is 2.80. The molecule has 1 aliphatic rings. The number of halogens is 2. The molecule has 0 aromatic carbocycles. The molecule has 1 aromatic heterocycles. The molecule has 2 rings (SSSR count). The molecule has 1 aliphatic heterocycles. The standard InChI is InChI=1S/C11H13F2N2O12P3S2/c1-2-10(12)7(16)11(13,25-8(10)15-4-3-6(31)14-9(15)32)5-24-29(20,21)27-30(22,23)26-28(17,18)19/h1,3-4,7-8,16H,5H2,(H,20,21)(H,22,23)(H,14,31,32)(H2,17,18,19)/t7-,8-,10?,11-/m1/s1. The van der Waals surface area contributed by atoms with Crippen molar-refractivity contribution < 1.29 is 65.0 Å². The lowest BCUT2D eigenvalue weighted by molar-refractivity contribution is -0.204. The van der Waals surface area contributed by atoms with Crippen LogP contribution in [0.3, 0.4) is 0 Å². The Hall–Kier alpha value is -0.730. The summed E-state index contributed by atoms with van der Waals surface area (Å²) in [5, 5.41) is 10.1. The summed E-state index contributed by atoms with van der Waals surface area (Å²) in [6.45, 7) is -1.82. The molecular weight excluding hydrogens is 547 g/mol. The zero-order valence-corrected chi connectivity index (χ0v) is 19.4. The third-order valence-electron chi connectivity index (χ3n) is 3.64. The van der Waals surface area contributed by atoms with E-state index in [2.05, 4.69) is 18.1 Å². The Morgan fingerprint density at radius 3 is 2.31 bits per heavy atom. The second-order valence-electron chi connectivity index (χ2n) is 5.95. The number of nitrogens with one attached hydrogen (secondary N) is 1. The number of hydrogen-bond donors (Lipinski definition) is 6. The number of aromatic amines is 1. The van der Waals surface area contributed by atoms with Gasteiger partial charge < -0.3 is 34.4 Å². The number of aromatic nitrogens is 2. The third kappa shape index (κ3) is 6.23. The van der Waals surface area contributed by atoms with Gasteiger partial charge >= 0.3 is 23.5 Å². The normalized spacial score (nSPS) is 32.1. The largest absolute Gasteiger partial charge is 0.490 e. The van der Waals surface area contributed by atoms with Crippen LogP contribution in [0.5, 0.6) is 0 Å². The highest BCUT2D eigenvalue weighted by molar-refractivity contribution is 7.72. The van der Waals surface area contributed by atoms with Crippen molar-refractivity contribution in [2.75, 3.05) is 6.61 Å². The van der Waals surface area contributed by atoms with Crippen LogP contribution in [0, 0.1) is 21.8 Å². The van der Waals surface area contributed by atoms with Gasteiger partial charge in [-0.15, -0.1) is 6.42 Å². The molecule has 14 nitrogen and oxygen atoms in total. The number of hydrogen-bond acceptors (Lipinski definition) is 10. The maximum atomic E-state index is 15.3. The Morgan fingerprint density at radius 2 is 1.81 bits per heavy atom. The van der Waals surface area contributed by atoms with Crippen LogP contribution in [-0.4, -0.2) is 58.5 Å². The minimum absolute atomic E-state index is 0.106. The second kappa shape index (κ2) is 9.14. The summed E-state index contributed by atoms with van der Waals surface area (Å²) in [7, 11) is -17.4. The maximum Gasteiger partial charge on any atom is 0.490 e. The van der Waals surface area contributed by atoms with E-state index in [0.29, 0.717) is 0 Å². The highest BCUT2D eigenvalue weighted by atomic mass is 32.1. The van der Waals surface area contributed by atoms with Crippen LogP contribution in [-0.2, 0) is 31.6 Å². The van der Waals surface area contributed by atoms with Crippen LogP contribution in [0.4, 0.5) is 8.78 Å². The van der Waals surface area contributed by atoms with E-state index >= 15 is 8.78 Å². The quantitative estimate of drug-likeness (QED) is 0.151. The number of terminal acetylenes is 1. The van der Waals surface area contributed by atoms with Gasteiger partial charge in [-0.3, -0.25) is 9.09 Å². The number of rotatable bonds is 8. The van der Waals surface area contributed by atoms with E-state index in [9.17, 15) is 23.7 Å². The van der Waals surface area contributed by atoms with Crippen molar-refractivity contribution in [2.24, 2.45) is 0 Å². The van der Waals surface area contributed by atoms with Crippen LogP contribution < -0.4 is 0 Å². The molecule has 0 radical (unpaired) electrons. The minimum Gasteiger partial charge on any atom is -0.383 e. The molecule has 1 saturated heterocycles. The van der Waals surface area contributed by atoms with E-state index in [-0.39, 0.29) is 9.41 Å². The zero-order valence-electron chi connectivity index (χ0n) is 15.0. The summed E-state index contributed by atoms with van der Waals surface area (Å²) in [6.07, 6.45) is 1.12. The smallest absolute Gasteiger partial charge is 0.383 e. The summed E-state index contributed by atoms with van der Waals surface area (Å²) in [4.78, 5) is 37.8. The Balaban J connectivity index is 2.28. The van der Waals surface area contributed by atoms with Gasteiger partial charge in [0.05, 0.1) is 0 Å². The summed E-state index contributed by atoms with van der Waals surface area (Å²) in [6, 6.07) is 1.20. The van der Waals surface area contributed by atoms with Crippen LogP contribution >= 0.6 is 47.9 Å². The molecule has 6 atom stereocenters. The van der Waals surface area contributed by atoms with E-state index in [0.717, 1.165) is 10.8 Å². The number of H-pyrrole nitrogens is 1. The fraction of sp³-hybridized carbons (Fsp3) is 0.455. The highest BCUT2D eigenvalue weighted by Gasteiger charge is 2.67. The lowest BCUT2D eigenvalue weighted by atomic mass is 9.96. The number of ether oxygens (including phenoxy) is 1. The Morgan fingerprint density at radius 1 is 1.22 bits per heavy atom. The summed E-state index contributed by atoms with van der Waals surface area (Å²) in [5.41, 5.74) is -3.32. The molecule has 3 unspecified atom stereocenters. The third-order valence-corrected chi connectivity index (χ3v) is 7.97. The molecular formula is C11H13F2N2O12P3S2. The molecule has 6 N–H and O–H groups in total. The van der Waals surface area contributed by atoms with Gasteiger partial charge in [-0.1, -0.05) is 18.1 Å². The number of aliphatic hydroxyl groups is 1. The van der Waals surface area contributed by atoms with Crippen molar-refractivity contribution in [1.82, 2.24) is 9.55 Å². The Labute approximate surface area is 187 Å². The summed E-state index contributed by atoms with van der Waals surface area (Å²) in [5.74, 6) is -2.16. The van der Waals surface area contributed by atoms with Gasteiger partial charge in [0.1, 0.15) is 11.2 Å². The highest BCUT2D eigenvalue weighted by Crippen LogP contribution is 2.66. The van der Waals surface area contributed by atoms with Gasteiger partial charge in [-0.2, -0.15) is 8.62 Å². The molecule has 0 amide bonds. The number of nitrogens with zero attached hydrogens (tertiary/aromatic N) is 1. The minimum atomic E-state index is -5.90. The first kappa shape index (κ1) is 27.5. The van der Waals surface area contributed by atoms with Crippen molar-refractivity contribution in [3.8, 4) is 12.3 Å². The van der Waals surface area contributed by atoms with E-state index in [1.807, 2.05) is 0 Å².